The van der Waals surface area contributed by atoms with E-state index in [1.807, 2.05) is 0 Å². The fourth-order valence-electron chi connectivity index (χ4n) is 2.16. The average molecular weight is 227 g/mol. The summed E-state index contributed by atoms with van der Waals surface area (Å²) >= 11 is 0. The van der Waals surface area contributed by atoms with Crippen molar-refractivity contribution in [2.45, 2.75) is 18.9 Å². The summed E-state index contributed by atoms with van der Waals surface area (Å²) in [6.45, 7) is 1.64. The molecule has 0 aromatic heterocycles. The molecule has 88 valence electrons. The summed E-state index contributed by atoms with van der Waals surface area (Å²) in [5.41, 5.74) is 0.630. The highest BCUT2D eigenvalue weighted by Crippen LogP contribution is 2.29. The standard InChI is InChI=1S/C12H15F2NO/c1-16-7-9-2-3-10(13)11(12(9)14)8-4-5-15-6-8/h2-3,8,15H,4-7H2,1H3. The molecule has 4 heteroatoms. The Hall–Kier alpha value is -1.00. The van der Waals surface area contributed by atoms with Crippen LogP contribution in [0.1, 0.15) is 23.5 Å². The lowest BCUT2D eigenvalue weighted by molar-refractivity contribution is 0.181. The first-order chi connectivity index (χ1) is 7.74. The van der Waals surface area contributed by atoms with Gasteiger partial charge in [-0.1, -0.05) is 6.07 Å². The summed E-state index contributed by atoms with van der Waals surface area (Å²) in [7, 11) is 1.50. The van der Waals surface area contributed by atoms with Crippen molar-refractivity contribution in [2.24, 2.45) is 0 Å². The smallest absolute Gasteiger partial charge is 0.135 e. The molecule has 0 spiro atoms. The van der Waals surface area contributed by atoms with Crippen LogP contribution in [-0.4, -0.2) is 20.2 Å². The highest BCUT2D eigenvalue weighted by molar-refractivity contribution is 5.31. The number of hydrogen-bond donors (Lipinski definition) is 1. The van der Waals surface area contributed by atoms with Crippen LogP contribution in [0.4, 0.5) is 8.78 Å². The lowest BCUT2D eigenvalue weighted by atomic mass is 9.95. The van der Waals surface area contributed by atoms with Crippen molar-refractivity contribution < 1.29 is 13.5 Å². The quantitative estimate of drug-likeness (QED) is 0.854. The highest BCUT2D eigenvalue weighted by atomic mass is 19.1. The molecule has 0 aliphatic carbocycles. The van der Waals surface area contributed by atoms with Crippen molar-refractivity contribution in [1.82, 2.24) is 5.32 Å². The number of ether oxygens (including phenoxy) is 1. The van der Waals surface area contributed by atoms with E-state index in [0.717, 1.165) is 13.0 Å². The third-order valence-corrected chi connectivity index (χ3v) is 2.97. The van der Waals surface area contributed by atoms with Crippen LogP contribution in [0.15, 0.2) is 12.1 Å². The Labute approximate surface area is 93.6 Å². The molecule has 1 heterocycles. The largest absolute Gasteiger partial charge is 0.380 e. The first-order valence-corrected chi connectivity index (χ1v) is 5.40. The van der Waals surface area contributed by atoms with E-state index in [2.05, 4.69) is 5.32 Å². The van der Waals surface area contributed by atoms with Gasteiger partial charge in [0, 0.05) is 30.7 Å². The molecule has 0 saturated carbocycles. The maximum atomic E-state index is 14.0. The average Bonchev–Trinajstić information content (AvgIpc) is 2.76. The first-order valence-electron chi connectivity index (χ1n) is 5.40. The molecule has 2 rings (SSSR count). The fraction of sp³-hybridized carbons (Fsp3) is 0.500. The zero-order valence-electron chi connectivity index (χ0n) is 9.22. The molecule has 0 bridgehead atoms. The van der Waals surface area contributed by atoms with Crippen LogP contribution >= 0.6 is 0 Å². The van der Waals surface area contributed by atoms with Crippen molar-refractivity contribution >= 4 is 0 Å². The summed E-state index contributed by atoms with van der Waals surface area (Å²) in [4.78, 5) is 0. The van der Waals surface area contributed by atoms with E-state index in [1.165, 1.54) is 19.2 Å². The maximum Gasteiger partial charge on any atom is 0.135 e. The van der Waals surface area contributed by atoms with Gasteiger partial charge >= 0.3 is 0 Å². The molecule has 1 fully saturated rings. The Bertz CT molecular complexity index is 376. The lowest BCUT2D eigenvalue weighted by Gasteiger charge is -2.14. The molecule has 1 N–H and O–H groups in total. The normalized spacial score (nSPS) is 20.3. The number of halogens is 2. The van der Waals surface area contributed by atoms with Gasteiger partial charge in [0.15, 0.2) is 0 Å². The second-order valence-corrected chi connectivity index (χ2v) is 4.06. The van der Waals surface area contributed by atoms with Crippen molar-refractivity contribution in [3.63, 3.8) is 0 Å². The zero-order valence-corrected chi connectivity index (χ0v) is 9.22. The van der Waals surface area contributed by atoms with E-state index in [0.29, 0.717) is 12.1 Å². The van der Waals surface area contributed by atoms with Gasteiger partial charge in [0.1, 0.15) is 11.6 Å². The van der Waals surface area contributed by atoms with Crippen LogP contribution in [-0.2, 0) is 11.3 Å². The third kappa shape index (κ3) is 2.08. The first kappa shape index (κ1) is 11.5. The number of nitrogens with one attached hydrogen (secondary N) is 1. The molecule has 0 amide bonds. The Balaban J connectivity index is 2.37. The third-order valence-electron chi connectivity index (χ3n) is 2.97. The molecule has 2 nitrogen and oxygen atoms in total. The monoisotopic (exact) mass is 227 g/mol. The molecular formula is C12H15F2NO. The summed E-state index contributed by atoms with van der Waals surface area (Å²) in [5.74, 6) is -0.960. The van der Waals surface area contributed by atoms with Gasteiger partial charge in [-0.25, -0.2) is 8.78 Å². The van der Waals surface area contributed by atoms with E-state index in [1.54, 1.807) is 0 Å². The van der Waals surface area contributed by atoms with Crippen LogP contribution in [0.2, 0.25) is 0 Å². The second kappa shape index (κ2) is 4.89. The summed E-state index contributed by atoms with van der Waals surface area (Å²) in [6.07, 6.45) is 0.782. The van der Waals surface area contributed by atoms with E-state index in [-0.39, 0.29) is 18.1 Å². The number of benzene rings is 1. The van der Waals surface area contributed by atoms with Crippen molar-refractivity contribution in [2.75, 3.05) is 20.2 Å². The van der Waals surface area contributed by atoms with Crippen molar-refractivity contribution in [3.05, 3.63) is 34.9 Å². The highest BCUT2D eigenvalue weighted by Gasteiger charge is 2.24. The zero-order chi connectivity index (χ0) is 11.5. The SMILES string of the molecule is COCc1ccc(F)c(C2CCNC2)c1F. The minimum absolute atomic E-state index is 0.0585. The predicted octanol–water partition coefficient (Wildman–Crippen LogP) is 2.19. The Morgan fingerprint density at radius 1 is 1.44 bits per heavy atom. The number of hydrogen-bond acceptors (Lipinski definition) is 2. The topological polar surface area (TPSA) is 21.3 Å². The molecule has 1 unspecified atom stereocenters. The minimum Gasteiger partial charge on any atom is -0.380 e. The van der Waals surface area contributed by atoms with Gasteiger partial charge in [0.05, 0.1) is 6.61 Å². The minimum atomic E-state index is -0.453. The molecule has 16 heavy (non-hydrogen) atoms. The molecule has 1 atom stereocenters. The molecule has 1 saturated heterocycles. The van der Waals surface area contributed by atoms with Crippen LogP contribution in [0.5, 0.6) is 0 Å². The fourth-order valence-corrected chi connectivity index (χ4v) is 2.16. The molecule has 1 aliphatic heterocycles. The van der Waals surface area contributed by atoms with Gasteiger partial charge in [0.25, 0.3) is 0 Å². The summed E-state index contributed by atoms with van der Waals surface area (Å²) in [5, 5.41) is 3.11. The van der Waals surface area contributed by atoms with Crippen LogP contribution in [0.3, 0.4) is 0 Å². The second-order valence-electron chi connectivity index (χ2n) is 4.06. The predicted molar refractivity (Wildman–Crippen MR) is 57.3 cm³/mol. The van der Waals surface area contributed by atoms with E-state index < -0.39 is 11.6 Å². The van der Waals surface area contributed by atoms with Gasteiger partial charge in [-0.2, -0.15) is 0 Å². The Kier molecular flexibility index (Phi) is 3.51. The van der Waals surface area contributed by atoms with Gasteiger partial charge in [0.2, 0.25) is 0 Å². The van der Waals surface area contributed by atoms with Crippen LogP contribution in [0.25, 0.3) is 0 Å². The van der Waals surface area contributed by atoms with Gasteiger partial charge in [-0.05, 0) is 19.0 Å². The van der Waals surface area contributed by atoms with E-state index >= 15 is 0 Å². The molecular weight excluding hydrogens is 212 g/mol. The molecule has 0 radical (unpaired) electrons. The van der Waals surface area contributed by atoms with Crippen LogP contribution < -0.4 is 5.32 Å². The van der Waals surface area contributed by atoms with E-state index in [9.17, 15) is 8.78 Å². The summed E-state index contributed by atoms with van der Waals surface area (Å²) in [6, 6.07) is 2.77. The van der Waals surface area contributed by atoms with Crippen molar-refractivity contribution in [1.29, 1.82) is 0 Å². The number of rotatable bonds is 3. The van der Waals surface area contributed by atoms with Gasteiger partial charge in [-0.3, -0.25) is 0 Å². The molecule has 1 aromatic rings. The van der Waals surface area contributed by atoms with Crippen LogP contribution in [0, 0.1) is 11.6 Å². The Morgan fingerprint density at radius 2 is 2.25 bits per heavy atom. The van der Waals surface area contributed by atoms with E-state index in [4.69, 9.17) is 4.74 Å². The molecule has 1 aliphatic rings. The lowest BCUT2D eigenvalue weighted by Crippen LogP contribution is -2.11. The number of methoxy groups -OCH3 is 1. The van der Waals surface area contributed by atoms with Crippen molar-refractivity contribution in [3.8, 4) is 0 Å². The van der Waals surface area contributed by atoms with Gasteiger partial charge in [-0.15, -0.1) is 0 Å². The summed E-state index contributed by atoms with van der Waals surface area (Å²) < 4.78 is 32.5. The molecule has 1 aromatic carbocycles. The van der Waals surface area contributed by atoms with Gasteiger partial charge < -0.3 is 10.1 Å². The Morgan fingerprint density at radius 3 is 2.88 bits per heavy atom. The maximum absolute atomic E-state index is 14.0.